The maximum Gasteiger partial charge on any atom is 0.257 e. The lowest BCUT2D eigenvalue weighted by Gasteiger charge is -2.27. The molecule has 0 aliphatic carbocycles. The van der Waals surface area contributed by atoms with Gasteiger partial charge in [0.25, 0.3) is 5.91 Å². The van der Waals surface area contributed by atoms with E-state index in [1.807, 2.05) is 25.1 Å². The SMILES string of the molecule is CCCC(=O)N(Cc1cccnc1)C1CC(=O)N(c2ccc(C(C)C)cc2)C1=O. The Morgan fingerprint density at radius 1 is 1.21 bits per heavy atom. The summed E-state index contributed by atoms with van der Waals surface area (Å²) in [5, 5.41) is 0. The lowest BCUT2D eigenvalue weighted by molar-refractivity contribution is -0.139. The molecule has 3 rings (SSSR count). The van der Waals surface area contributed by atoms with Crippen LogP contribution in [0.5, 0.6) is 0 Å². The molecule has 1 unspecified atom stereocenters. The lowest BCUT2D eigenvalue weighted by atomic mass is 10.0. The van der Waals surface area contributed by atoms with Crippen molar-refractivity contribution in [3.05, 3.63) is 59.9 Å². The minimum Gasteiger partial charge on any atom is -0.326 e. The number of pyridine rings is 1. The summed E-state index contributed by atoms with van der Waals surface area (Å²) in [5.41, 5.74) is 2.52. The predicted molar refractivity (Wildman–Crippen MR) is 111 cm³/mol. The summed E-state index contributed by atoms with van der Waals surface area (Å²) in [7, 11) is 0. The first-order chi connectivity index (χ1) is 13.9. The predicted octanol–water partition coefficient (Wildman–Crippen LogP) is 3.67. The molecule has 1 aromatic carbocycles. The standard InChI is InChI=1S/C23H27N3O3/c1-4-6-21(27)25(15-17-7-5-12-24-14-17)20-13-22(28)26(23(20)29)19-10-8-18(9-11-19)16(2)3/h5,7-12,14,16,20H,4,6,13,15H2,1-3H3. The largest absolute Gasteiger partial charge is 0.326 e. The first-order valence-corrected chi connectivity index (χ1v) is 10.1. The minimum absolute atomic E-state index is 0.000478. The molecule has 0 saturated carbocycles. The van der Waals surface area contributed by atoms with Crippen LogP contribution in [0.4, 0.5) is 5.69 Å². The van der Waals surface area contributed by atoms with Gasteiger partial charge in [0.15, 0.2) is 0 Å². The Bertz CT molecular complexity index is 878. The Kier molecular flexibility index (Phi) is 6.42. The van der Waals surface area contributed by atoms with Crippen molar-refractivity contribution in [2.75, 3.05) is 4.90 Å². The van der Waals surface area contributed by atoms with Gasteiger partial charge in [-0.25, -0.2) is 4.90 Å². The summed E-state index contributed by atoms with van der Waals surface area (Å²) < 4.78 is 0. The topological polar surface area (TPSA) is 70.6 Å². The zero-order valence-corrected chi connectivity index (χ0v) is 17.2. The van der Waals surface area contributed by atoms with Gasteiger partial charge in [-0.3, -0.25) is 19.4 Å². The average molecular weight is 393 g/mol. The van der Waals surface area contributed by atoms with Crippen LogP contribution in [0.2, 0.25) is 0 Å². The maximum atomic E-state index is 13.2. The van der Waals surface area contributed by atoms with Gasteiger partial charge in [-0.1, -0.05) is 39.0 Å². The van der Waals surface area contributed by atoms with Crippen LogP contribution in [0.25, 0.3) is 0 Å². The van der Waals surface area contributed by atoms with Gasteiger partial charge >= 0.3 is 0 Å². The number of amides is 3. The number of carbonyl (C=O) groups excluding carboxylic acids is 3. The van der Waals surface area contributed by atoms with Crippen LogP contribution in [-0.2, 0) is 20.9 Å². The van der Waals surface area contributed by atoms with E-state index in [-0.39, 0.29) is 30.7 Å². The third-order valence-corrected chi connectivity index (χ3v) is 5.18. The number of nitrogens with zero attached hydrogens (tertiary/aromatic N) is 3. The smallest absolute Gasteiger partial charge is 0.257 e. The second kappa shape index (κ2) is 8.99. The molecule has 6 nitrogen and oxygen atoms in total. The Labute approximate surface area is 171 Å². The van der Waals surface area contributed by atoms with Crippen LogP contribution in [0.1, 0.15) is 57.1 Å². The van der Waals surface area contributed by atoms with Gasteiger partial charge in [-0.2, -0.15) is 0 Å². The summed E-state index contributed by atoms with van der Waals surface area (Å²) >= 11 is 0. The van der Waals surface area contributed by atoms with Crippen molar-refractivity contribution in [3.63, 3.8) is 0 Å². The fourth-order valence-electron chi connectivity index (χ4n) is 3.56. The van der Waals surface area contributed by atoms with Gasteiger partial charge in [-0.05, 0) is 41.7 Å². The Hall–Kier alpha value is -3.02. The highest BCUT2D eigenvalue weighted by atomic mass is 16.2. The van der Waals surface area contributed by atoms with E-state index in [0.717, 1.165) is 11.1 Å². The second-order valence-electron chi connectivity index (χ2n) is 7.67. The van der Waals surface area contributed by atoms with Crippen LogP contribution in [-0.4, -0.2) is 33.6 Å². The number of anilines is 1. The molecule has 2 aromatic rings. The molecule has 0 N–H and O–H groups in total. The first kappa shape index (κ1) is 20.7. The highest BCUT2D eigenvalue weighted by Gasteiger charge is 2.44. The highest BCUT2D eigenvalue weighted by Crippen LogP contribution is 2.28. The average Bonchev–Trinajstić information content (AvgIpc) is 3.01. The highest BCUT2D eigenvalue weighted by molar-refractivity contribution is 6.23. The number of imide groups is 1. The molecule has 1 atom stereocenters. The molecule has 0 spiro atoms. The van der Waals surface area contributed by atoms with E-state index in [9.17, 15) is 14.4 Å². The zero-order valence-electron chi connectivity index (χ0n) is 17.2. The molecule has 0 radical (unpaired) electrons. The molecule has 1 aliphatic heterocycles. The monoisotopic (exact) mass is 393 g/mol. The molecular formula is C23H27N3O3. The van der Waals surface area contributed by atoms with E-state index in [2.05, 4.69) is 18.8 Å². The molecule has 152 valence electrons. The van der Waals surface area contributed by atoms with Crippen molar-refractivity contribution < 1.29 is 14.4 Å². The number of hydrogen-bond acceptors (Lipinski definition) is 4. The maximum absolute atomic E-state index is 13.2. The normalized spacial score (nSPS) is 16.6. The first-order valence-electron chi connectivity index (χ1n) is 10.1. The van der Waals surface area contributed by atoms with Gasteiger partial charge in [0.1, 0.15) is 6.04 Å². The molecule has 2 heterocycles. The fourth-order valence-corrected chi connectivity index (χ4v) is 3.56. The molecular weight excluding hydrogens is 366 g/mol. The molecule has 1 saturated heterocycles. The third-order valence-electron chi connectivity index (χ3n) is 5.18. The minimum atomic E-state index is -0.786. The Morgan fingerprint density at radius 2 is 1.93 bits per heavy atom. The molecule has 3 amide bonds. The van der Waals surface area contributed by atoms with E-state index in [1.165, 1.54) is 9.80 Å². The van der Waals surface area contributed by atoms with Crippen LogP contribution in [0, 0.1) is 0 Å². The Morgan fingerprint density at radius 3 is 2.52 bits per heavy atom. The quantitative estimate of drug-likeness (QED) is 0.673. The number of hydrogen-bond donors (Lipinski definition) is 0. The lowest BCUT2D eigenvalue weighted by Crippen LogP contribution is -2.45. The number of carbonyl (C=O) groups is 3. The van der Waals surface area contributed by atoms with Crippen LogP contribution in [0.3, 0.4) is 0 Å². The fraction of sp³-hybridized carbons (Fsp3) is 0.391. The molecule has 29 heavy (non-hydrogen) atoms. The number of benzene rings is 1. The molecule has 1 fully saturated rings. The molecule has 1 aliphatic rings. The summed E-state index contributed by atoms with van der Waals surface area (Å²) in [6.45, 7) is 6.36. The van der Waals surface area contributed by atoms with Gasteiger partial charge in [-0.15, -0.1) is 0 Å². The van der Waals surface area contributed by atoms with Crippen LogP contribution >= 0.6 is 0 Å². The Balaban J connectivity index is 1.86. The van der Waals surface area contributed by atoms with Gasteiger partial charge in [0.2, 0.25) is 11.8 Å². The molecule has 1 aromatic heterocycles. The van der Waals surface area contributed by atoms with Gasteiger partial charge in [0, 0.05) is 25.4 Å². The number of aromatic nitrogens is 1. The molecule has 6 heteroatoms. The van der Waals surface area contributed by atoms with Crippen molar-refractivity contribution in [3.8, 4) is 0 Å². The number of rotatable bonds is 7. The van der Waals surface area contributed by atoms with E-state index in [1.54, 1.807) is 30.6 Å². The summed E-state index contributed by atoms with van der Waals surface area (Å²) in [6, 6.07) is 10.3. The van der Waals surface area contributed by atoms with Crippen molar-refractivity contribution >= 4 is 23.4 Å². The van der Waals surface area contributed by atoms with Crippen molar-refractivity contribution in [1.29, 1.82) is 0 Å². The van der Waals surface area contributed by atoms with E-state index in [0.29, 0.717) is 24.4 Å². The van der Waals surface area contributed by atoms with E-state index < -0.39 is 6.04 Å². The summed E-state index contributed by atoms with van der Waals surface area (Å²) in [5.74, 6) is -0.388. The zero-order chi connectivity index (χ0) is 21.0. The van der Waals surface area contributed by atoms with Gasteiger partial charge in [0.05, 0.1) is 12.1 Å². The van der Waals surface area contributed by atoms with Gasteiger partial charge < -0.3 is 4.90 Å². The summed E-state index contributed by atoms with van der Waals surface area (Å²) in [4.78, 5) is 45.5. The van der Waals surface area contributed by atoms with Crippen LogP contribution in [0.15, 0.2) is 48.8 Å². The second-order valence-corrected chi connectivity index (χ2v) is 7.67. The van der Waals surface area contributed by atoms with E-state index >= 15 is 0 Å². The summed E-state index contributed by atoms with van der Waals surface area (Å²) in [6.07, 6.45) is 4.35. The third kappa shape index (κ3) is 4.53. The van der Waals surface area contributed by atoms with Crippen LogP contribution < -0.4 is 4.90 Å². The van der Waals surface area contributed by atoms with Crippen molar-refractivity contribution in [2.24, 2.45) is 0 Å². The van der Waals surface area contributed by atoms with E-state index in [4.69, 9.17) is 0 Å². The van der Waals surface area contributed by atoms with Crippen molar-refractivity contribution in [1.82, 2.24) is 9.88 Å². The molecule has 0 bridgehead atoms. The van der Waals surface area contributed by atoms with Crippen molar-refractivity contribution in [2.45, 2.75) is 58.5 Å².